The summed E-state index contributed by atoms with van der Waals surface area (Å²) in [6.45, 7) is 2.03. The third kappa shape index (κ3) is 5.80. The lowest BCUT2D eigenvalue weighted by Gasteiger charge is -2.11. The number of nitrogens with zero attached hydrogens (tertiary/aromatic N) is 2. The lowest BCUT2D eigenvalue weighted by Crippen LogP contribution is -2.14. The number of nitriles is 1. The van der Waals surface area contributed by atoms with Gasteiger partial charge in [-0.05, 0) is 60.5 Å². The Bertz CT molecular complexity index is 1230. The molecule has 0 fully saturated rings. The van der Waals surface area contributed by atoms with Crippen LogP contribution in [0.1, 0.15) is 16.7 Å². The highest BCUT2D eigenvalue weighted by Crippen LogP contribution is 2.27. The van der Waals surface area contributed by atoms with Crippen molar-refractivity contribution in [3.63, 3.8) is 0 Å². The molecule has 1 N–H and O–H groups in total. The van der Waals surface area contributed by atoms with Crippen molar-refractivity contribution in [1.29, 1.82) is 5.26 Å². The van der Waals surface area contributed by atoms with Crippen molar-refractivity contribution >= 4 is 39.3 Å². The van der Waals surface area contributed by atoms with Gasteiger partial charge in [-0.2, -0.15) is 5.26 Å². The molecule has 32 heavy (non-hydrogen) atoms. The molecule has 3 aromatic carbocycles. The molecule has 8 heteroatoms. The number of halogens is 1. The molecule has 0 bridgehead atoms. The number of nitrogens with one attached hydrogen (secondary N) is 1. The Balaban J connectivity index is 1.81. The second-order valence-corrected chi connectivity index (χ2v) is 7.75. The van der Waals surface area contributed by atoms with Crippen LogP contribution in [0.5, 0.6) is 5.75 Å². The van der Waals surface area contributed by atoms with E-state index in [1.54, 1.807) is 42.5 Å². The van der Waals surface area contributed by atoms with E-state index in [0.717, 1.165) is 15.6 Å². The lowest BCUT2D eigenvalue weighted by molar-refractivity contribution is -0.384. The van der Waals surface area contributed by atoms with E-state index in [1.807, 2.05) is 25.1 Å². The first-order valence-electron chi connectivity index (χ1n) is 9.52. The molecule has 1 amide bonds. The number of carbonyl (C=O) groups is 1. The van der Waals surface area contributed by atoms with Gasteiger partial charge >= 0.3 is 0 Å². The molecule has 0 atom stereocenters. The monoisotopic (exact) mass is 491 g/mol. The highest BCUT2D eigenvalue weighted by molar-refractivity contribution is 9.10. The van der Waals surface area contributed by atoms with Crippen LogP contribution >= 0.6 is 15.9 Å². The largest absolute Gasteiger partial charge is 0.488 e. The summed E-state index contributed by atoms with van der Waals surface area (Å²) < 4.78 is 6.62. The normalized spacial score (nSPS) is 10.8. The van der Waals surface area contributed by atoms with Crippen LogP contribution in [0.25, 0.3) is 6.08 Å². The van der Waals surface area contributed by atoms with E-state index in [1.165, 1.54) is 18.2 Å². The lowest BCUT2D eigenvalue weighted by atomic mass is 10.1. The number of rotatable bonds is 7. The van der Waals surface area contributed by atoms with E-state index < -0.39 is 10.8 Å². The van der Waals surface area contributed by atoms with Gasteiger partial charge in [0.25, 0.3) is 11.6 Å². The number of hydrogen-bond donors (Lipinski definition) is 1. The molecule has 7 nitrogen and oxygen atoms in total. The summed E-state index contributed by atoms with van der Waals surface area (Å²) in [5.74, 6) is -0.0638. The van der Waals surface area contributed by atoms with Crippen molar-refractivity contribution in [2.75, 3.05) is 5.32 Å². The fraction of sp³-hybridized carbons (Fsp3) is 0.0833. The molecule has 3 rings (SSSR count). The average Bonchev–Trinajstić information content (AvgIpc) is 2.78. The van der Waals surface area contributed by atoms with Gasteiger partial charge in [-0.3, -0.25) is 14.9 Å². The number of nitro groups is 1. The molecular formula is C24H18BrN3O4. The first-order chi connectivity index (χ1) is 15.4. The molecule has 160 valence electrons. The van der Waals surface area contributed by atoms with Crippen LogP contribution in [0, 0.1) is 28.4 Å². The zero-order valence-corrected chi connectivity index (χ0v) is 18.6. The number of non-ortho nitro benzene ring substituents is 1. The Hall–Kier alpha value is -3.96. The predicted molar refractivity (Wildman–Crippen MR) is 125 cm³/mol. The van der Waals surface area contributed by atoms with E-state index >= 15 is 0 Å². The van der Waals surface area contributed by atoms with E-state index in [4.69, 9.17) is 4.74 Å². The molecule has 0 radical (unpaired) electrons. The highest BCUT2D eigenvalue weighted by atomic mass is 79.9. The summed E-state index contributed by atoms with van der Waals surface area (Å²) in [7, 11) is 0. The van der Waals surface area contributed by atoms with Gasteiger partial charge in [0.2, 0.25) is 0 Å². The van der Waals surface area contributed by atoms with Gasteiger partial charge in [-0.25, -0.2) is 0 Å². The second-order valence-electron chi connectivity index (χ2n) is 6.83. The number of amides is 1. The van der Waals surface area contributed by atoms with E-state index in [0.29, 0.717) is 17.0 Å². The maximum Gasteiger partial charge on any atom is 0.269 e. The number of para-hydroxylation sites is 1. The number of aryl methyl sites for hydroxylation is 1. The summed E-state index contributed by atoms with van der Waals surface area (Å²) in [4.78, 5) is 23.0. The van der Waals surface area contributed by atoms with Crippen molar-refractivity contribution in [3.8, 4) is 11.8 Å². The molecule has 0 aromatic heterocycles. The predicted octanol–water partition coefficient (Wildman–Crippen LogP) is 5.79. The van der Waals surface area contributed by atoms with E-state index in [9.17, 15) is 20.2 Å². The fourth-order valence-electron chi connectivity index (χ4n) is 2.85. The number of ether oxygens (including phenoxy) is 1. The van der Waals surface area contributed by atoms with E-state index in [2.05, 4.69) is 21.2 Å². The molecule has 0 heterocycles. The zero-order chi connectivity index (χ0) is 23.1. The van der Waals surface area contributed by atoms with Crippen molar-refractivity contribution in [2.24, 2.45) is 0 Å². The third-order valence-electron chi connectivity index (χ3n) is 4.57. The Morgan fingerprint density at radius 1 is 1.19 bits per heavy atom. The average molecular weight is 492 g/mol. The quantitative estimate of drug-likeness (QED) is 0.195. The smallest absolute Gasteiger partial charge is 0.269 e. The molecule has 0 aliphatic carbocycles. The van der Waals surface area contributed by atoms with Crippen LogP contribution in [0.15, 0.2) is 76.8 Å². The SMILES string of the molecule is Cc1ccccc1NC(=O)/C(C#N)=C/c1cc(Br)ccc1OCc1ccc([N+](=O)[O-])cc1. The summed E-state index contributed by atoms with van der Waals surface area (Å²) >= 11 is 3.39. The van der Waals surface area contributed by atoms with Crippen LogP contribution in [-0.2, 0) is 11.4 Å². The fourth-order valence-corrected chi connectivity index (χ4v) is 3.22. The van der Waals surface area contributed by atoms with Crippen molar-refractivity contribution in [2.45, 2.75) is 13.5 Å². The number of carbonyl (C=O) groups excluding carboxylic acids is 1. The molecule has 0 saturated heterocycles. The molecule has 0 spiro atoms. The molecule has 0 saturated carbocycles. The van der Waals surface area contributed by atoms with Gasteiger partial charge < -0.3 is 10.1 Å². The molecule has 0 unspecified atom stereocenters. The van der Waals surface area contributed by atoms with Gasteiger partial charge in [0, 0.05) is 27.9 Å². The zero-order valence-electron chi connectivity index (χ0n) is 17.0. The van der Waals surface area contributed by atoms with Crippen molar-refractivity contribution < 1.29 is 14.5 Å². The van der Waals surface area contributed by atoms with Gasteiger partial charge in [0.1, 0.15) is 24.0 Å². The first kappa shape index (κ1) is 22.7. The van der Waals surface area contributed by atoms with Crippen LogP contribution in [0.2, 0.25) is 0 Å². The summed E-state index contributed by atoms with van der Waals surface area (Å²) in [5, 5.41) is 23.1. The van der Waals surface area contributed by atoms with Gasteiger partial charge in [0.05, 0.1) is 4.92 Å². The second kappa shape index (κ2) is 10.4. The standard InChI is InChI=1S/C24H18BrN3O4/c1-16-4-2-3-5-22(16)27-24(29)19(14-26)12-18-13-20(25)8-11-23(18)32-15-17-6-9-21(10-7-17)28(30)31/h2-13H,15H2,1H3,(H,27,29)/b19-12+. The number of benzene rings is 3. The topological polar surface area (TPSA) is 105 Å². The van der Waals surface area contributed by atoms with Crippen LogP contribution in [0.3, 0.4) is 0 Å². The Morgan fingerprint density at radius 3 is 2.56 bits per heavy atom. The first-order valence-corrected chi connectivity index (χ1v) is 10.3. The van der Waals surface area contributed by atoms with E-state index in [-0.39, 0.29) is 17.9 Å². The van der Waals surface area contributed by atoms with Crippen LogP contribution < -0.4 is 10.1 Å². The molecule has 0 aliphatic heterocycles. The number of anilines is 1. The highest BCUT2D eigenvalue weighted by Gasteiger charge is 2.13. The maximum absolute atomic E-state index is 12.7. The Kier molecular flexibility index (Phi) is 7.37. The summed E-state index contributed by atoms with van der Waals surface area (Å²) in [5.41, 5.74) is 2.71. The molecular weight excluding hydrogens is 474 g/mol. The van der Waals surface area contributed by atoms with Crippen molar-refractivity contribution in [3.05, 3.63) is 104 Å². The number of hydrogen-bond acceptors (Lipinski definition) is 5. The number of nitro benzene ring substituents is 1. The minimum absolute atomic E-state index is 0.000610. The summed E-state index contributed by atoms with van der Waals surface area (Å²) in [6, 6.07) is 20.5. The Labute approximate surface area is 193 Å². The van der Waals surface area contributed by atoms with Gasteiger partial charge in [-0.15, -0.1) is 0 Å². The van der Waals surface area contributed by atoms with Crippen LogP contribution in [-0.4, -0.2) is 10.8 Å². The summed E-state index contributed by atoms with van der Waals surface area (Å²) in [6.07, 6.45) is 1.46. The van der Waals surface area contributed by atoms with Gasteiger partial charge in [0.15, 0.2) is 0 Å². The minimum atomic E-state index is -0.525. The third-order valence-corrected chi connectivity index (χ3v) is 5.06. The molecule has 0 aliphatic rings. The van der Waals surface area contributed by atoms with Crippen LogP contribution in [0.4, 0.5) is 11.4 Å². The molecule has 3 aromatic rings. The Morgan fingerprint density at radius 2 is 1.91 bits per heavy atom. The maximum atomic E-state index is 12.7. The minimum Gasteiger partial charge on any atom is -0.488 e. The van der Waals surface area contributed by atoms with Gasteiger partial charge in [-0.1, -0.05) is 34.1 Å². The van der Waals surface area contributed by atoms with Crippen molar-refractivity contribution in [1.82, 2.24) is 0 Å².